The summed E-state index contributed by atoms with van der Waals surface area (Å²) in [5.41, 5.74) is 1.96. The number of hydrogen-bond donors (Lipinski definition) is 1. The second-order valence-electron chi connectivity index (χ2n) is 6.73. The molecule has 1 amide bonds. The molecule has 2 aromatic carbocycles. The summed E-state index contributed by atoms with van der Waals surface area (Å²) in [6, 6.07) is 15.9. The lowest BCUT2D eigenvalue weighted by molar-refractivity contribution is -0.119. The lowest BCUT2D eigenvalue weighted by Crippen LogP contribution is -2.33. The van der Waals surface area contributed by atoms with Gasteiger partial charge in [0.2, 0.25) is 11.1 Å². The molecule has 0 radical (unpaired) electrons. The van der Waals surface area contributed by atoms with Crippen LogP contribution in [0.5, 0.6) is 0 Å². The van der Waals surface area contributed by atoms with Crippen LogP contribution in [-0.2, 0) is 11.3 Å². The topological polar surface area (TPSA) is 72.7 Å². The molecule has 0 bridgehead atoms. The SMILES string of the molecule is CC(C)C(NC(=O)CSc1nnnn1Cc1ccccc1)c1ccc(F)cc1. The van der Waals surface area contributed by atoms with Crippen LogP contribution in [0.2, 0.25) is 0 Å². The maximum atomic E-state index is 13.2. The lowest BCUT2D eigenvalue weighted by atomic mass is 9.96. The van der Waals surface area contributed by atoms with Crippen molar-refractivity contribution in [2.24, 2.45) is 5.92 Å². The standard InChI is InChI=1S/C20H22FN5OS/c1-14(2)19(16-8-10-17(21)11-9-16)22-18(27)13-28-20-23-24-25-26(20)12-15-6-4-3-5-7-15/h3-11,14,19H,12-13H2,1-2H3,(H,22,27). The molecule has 0 aliphatic rings. The van der Waals surface area contributed by atoms with Crippen LogP contribution in [0.3, 0.4) is 0 Å². The maximum Gasteiger partial charge on any atom is 0.230 e. The molecule has 8 heteroatoms. The Morgan fingerprint density at radius 3 is 2.54 bits per heavy atom. The average Bonchev–Trinajstić information content (AvgIpc) is 3.13. The number of benzene rings is 2. The Kier molecular flexibility index (Phi) is 6.76. The van der Waals surface area contributed by atoms with Crippen molar-refractivity contribution in [2.45, 2.75) is 31.6 Å². The van der Waals surface area contributed by atoms with Crippen molar-refractivity contribution < 1.29 is 9.18 Å². The summed E-state index contributed by atoms with van der Waals surface area (Å²) in [5.74, 6) is -0.0527. The van der Waals surface area contributed by atoms with Gasteiger partial charge in [-0.3, -0.25) is 4.79 Å². The summed E-state index contributed by atoms with van der Waals surface area (Å²) in [7, 11) is 0. The summed E-state index contributed by atoms with van der Waals surface area (Å²) in [4.78, 5) is 12.5. The number of rotatable bonds is 8. The first-order valence-electron chi connectivity index (χ1n) is 9.00. The highest BCUT2D eigenvalue weighted by atomic mass is 32.2. The first-order valence-corrected chi connectivity index (χ1v) is 9.99. The van der Waals surface area contributed by atoms with Crippen LogP contribution in [0.1, 0.15) is 31.0 Å². The van der Waals surface area contributed by atoms with Gasteiger partial charge in [0.05, 0.1) is 18.3 Å². The van der Waals surface area contributed by atoms with E-state index >= 15 is 0 Å². The zero-order chi connectivity index (χ0) is 19.9. The Bertz CT molecular complexity index is 898. The summed E-state index contributed by atoms with van der Waals surface area (Å²) in [6.45, 7) is 4.58. The maximum absolute atomic E-state index is 13.2. The number of tetrazole rings is 1. The third-order valence-corrected chi connectivity index (χ3v) is 5.18. The van der Waals surface area contributed by atoms with E-state index in [0.717, 1.165) is 11.1 Å². The minimum absolute atomic E-state index is 0.123. The number of hydrogen-bond acceptors (Lipinski definition) is 5. The van der Waals surface area contributed by atoms with E-state index in [1.165, 1.54) is 23.9 Å². The zero-order valence-electron chi connectivity index (χ0n) is 15.7. The van der Waals surface area contributed by atoms with E-state index in [-0.39, 0.29) is 29.4 Å². The lowest BCUT2D eigenvalue weighted by Gasteiger charge is -2.23. The van der Waals surface area contributed by atoms with E-state index in [9.17, 15) is 9.18 Å². The van der Waals surface area contributed by atoms with E-state index in [0.29, 0.717) is 11.7 Å². The van der Waals surface area contributed by atoms with E-state index in [4.69, 9.17) is 0 Å². The summed E-state index contributed by atoms with van der Waals surface area (Å²) >= 11 is 1.29. The fourth-order valence-corrected chi connectivity index (χ4v) is 3.49. The molecule has 1 unspecified atom stereocenters. The van der Waals surface area contributed by atoms with Crippen LogP contribution in [0, 0.1) is 11.7 Å². The highest BCUT2D eigenvalue weighted by molar-refractivity contribution is 7.99. The number of carbonyl (C=O) groups excluding carboxylic acids is 1. The third-order valence-electron chi connectivity index (χ3n) is 4.22. The Hall–Kier alpha value is -2.74. The third kappa shape index (κ3) is 5.39. The van der Waals surface area contributed by atoms with E-state index in [2.05, 4.69) is 20.8 Å². The van der Waals surface area contributed by atoms with Gasteiger partial charge >= 0.3 is 0 Å². The van der Waals surface area contributed by atoms with Crippen LogP contribution < -0.4 is 5.32 Å². The number of nitrogens with zero attached hydrogens (tertiary/aromatic N) is 4. The Labute approximate surface area is 167 Å². The molecule has 28 heavy (non-hydrogen) atoms. The summed E-state index contributed by atoms with van der Waals surface area (Å²) in [6.07, 6.45) is 0. The molecule has 0 saturated carbocycles. The number of halogens is 1. The molecule has 1 aromatic heterocycles. The largest absolute Gasteiger partial charge is 0.348 e. The van der Waals surface area contributed by atoms with Crippen LogP contribution in [0.25, 0.3) is 0 Å². The molecule has 0 spiro atoms. The quantitative estimate of drug-likeness (QED) is 0.587. The molecule has 0 aliphatic carbocycles. The van der Waals surface area contributed by atoms with Gasteiger partial charge in [-0.2, -0.15) is 0 Å². The highest BCUT2D eigenvalue weighted by Gasteiger charge is 2.19. The second kappa shape index (κ2) is 9.45. The van der Waals surface area contributed by atoms with Crippen molar-refractivity contribution >= 4 is 17.7 Å². The minimum Gasteiger partial charge on any atom is -0.348 e. The van der Waals surface area contributed by atoms with Gasteiger partial charge in [-0.05, 0) is 39.6 Å². The van der Waals surface area contributed by atoms with Gasteiger partial charge in [0, 0.05) is 0 Å². The Balaban J connectivity index is 1.59. The molecule has 1 atom stereocenters. The van der Waals surface area contributed by atoms with Crippen LogP contribution >= 0.6 is 11.8 Å². The van der Waals surface area contributed by atoms with Crippen molar-refractivity contribution in [1.29, 1.82) is 0 Å². The molecule has 3 aromatic rings. The number of thioether (sulfide) groups is 1. The van der Waals surface area contributed by atoms with Crippen molar-refractivity contribution in [3.8, 4) is 0 Å². The second-order valence-corrected chi connectivity index (χ2v) is 7.68. The normalized spacial score (nSPS) is 12.1. The zero-order valence-corrected chi connectivity index (χ0v) is 16.6. The molecule has 1 N–H and O–H groups in total. The average molecular weight is 399 g/mol. The fraction of sp³-hybridized carbons (Fsp3) is 0.300. The van der Waals surface area contributed by atoms with Gasteiger partial charge in [0.15, 0.2) is 0 Å². The monoisotopic (exact) mass is 399 g/mol. The van der Waals surface area contributed by atoms with Crippen molar-refractivity contribution in [3.05, 3.63) is 71.5 Å². The molecule has 3 rings (SSSR count). The van der Waals surface area contributed by atoms with Gasteiger partial charge in [-0.1, -0.05) is 68.1 Å². The van der Waals surface area contributed by atoms with E-state index in [1.54, 1.807) is 16.8 Å². The number of aromatic nitrogens is 4. The molecular weight excluding hydrogens is 377 g/mol. The van der Waals surface area contributed by atoms with Crippen LogP contribution in [0.4, 0.5) is 4.39 Å². The smallest absolute Gasteiger partial charge is 0.230 e. The van der Waals surface area contributed by atoms with Crippen LogP contribution in [-0.4, -0.2) is 31.9 Å². The Morgan fingerprint density at radius 2 is 1.86 bits per heavy atom. The Morgan fingerprint density at radius 1 is 1.14 bits per heavy atom. The molecule has 0 fully saturated rings. The van der Waals surface area contributed by atoms with Gasteiger partial charge in [-0.25, -0.2) is 9.07 Å². The molecule has 146 valence electrons. The predicted molar refractivity (Wildman–Crippen MR) is 106 cm³/mol. The van der Waals surface area contributed by atoms with Gasteiger partial charge in [0.25, 0.3) is 0 Å². The summed E-state index contributed by atoms with van der Waals surface area (Å²) in [5, 5.41) is 15.3. The predicted octanol–water partition coefficient (Wildman–Crippen LogP) is 3.47. The van der Waals surface area contributed by atoms with Crippen molar-refractivity contribution in [2.75, 3.05) is 5.75 Å². The molecule has 0 aliphatic heterocycles. The number of nitrogens with one attached hydrogen (secondary N) is 1. The van der Waals surface area contributed by atoms with Crippen LogP contribution in [0.15, 0.2) is 59.8 Å². The molecular formula is C20H22FN5OS. The first-order chi connectivity index (χ1) is 13.5. The summed E-state index contributed by atoms with van der Waals surface area (Å²) < 4.78 is 14.8. The van der Waals surface area contributed by atoms with Gasteiger partial charge < -0.3 is 5.32 Å². The fourth-order valence-electron chi connectivity index (χ4n) is 2.81. The van der Waals surface area contributed by atoms with E-state index in [1.807, 2.05) is 44.2 Å². The van der Waals surface area contributed by atoms with Crippen molar-refractivity contribution in [1.82, 2.24) is 25.5 Å². The number of amides is 1. The number of carbonyl (C=O) groups is 1. The molecule has 1 heterocycles. The first kappa shape index (κ1) is 20.0. The molecule has 0 saturated heterocycles. The molecule has 6 nitrogen and oxygen atoms in total. The van der Waals surface area contributed by atoms with E-state index < -0.39 is 0 Å². The highest BCUT2D eigenvalue weighted by Crippen LogP contribution is 2.23. The minimum atomic E-state index is -0.293. The van der Waals surface area contributed by atoms with Gasteiger partial charge in [-0.15, -0.1) is 5.10 Å². The van der Waals surface area contributed by atoms with Gasteiger partial charge in [0.1, 0.15) is 5.82 Å². The van der Waals surface area contributed by atoms with Crippen molar-refractivity contribution in [3.63, 3.8) is 0 Å².